The fourth-order valence-corrected chi connectivity index (χ4v) is 1.22. The minimum Gasteiger partial charge on any atom is -0.389 e. The van der Waals surface area contributed by atoms with E-state index in [1.54, 1.807) is 0 Å². The van der Waals surface area contributed by atoms with Crippen LogP contribution in [0.4, 0.5) is 0 Å². The molecule has 0 bridgehead atoms. The second-order valence-corrected chi connectivity index (χ2v) is 3.42. The molecule has 0 aliphatic carbocycles. The topological polar surface area (TPSA) is 21.6 Å². The molecule has 0 aromatic rings. The van der Waals surface area contributed by atoms with Crippen molar-refractivity contribution < 1.29 is 4.84 Å². The maximum absolute atomic E-state index is 5.07. The third-order valence-corrected chi connectivity index (χ3v) is 1.69. The molecule has 1 aliphatic rings. The summed E-state index contributed by atoms with van der Waals surface area (Å²) in [5.41, 5.74) is -0.0972. The van der Waals surface area contributed by atoms with Crippen molar-refractivity contribution in [3.63, 3.8) is 0 Å². The van der Waals surface area contributed by atoms with Crippen LogP contribution >= 0.6 is 11.8 Å². The molecule has 0 saturated carbocycles. The van der Waals surface area contributed by atoms with E-state index in [0.29, 0.717) is 0 Å². The van der Waals surface area contributed by atoms with E-state index >= 15 is 0 Å². The monoisotopic (exact) mass is 144 g/mol. The molecule has 1 aliphatic heterocycles. The highest BCUT2D eigenvalue weighted by molar-refractivity contribution is 8.14. The van der Waals surface area contributed by atoms with Crippen LogP contribution in [0, 0.1) is 6.26 Å². The maximum atomic E-state index is 5.07. The molecule has 51 valence electrons. The molecule has 9 heavy (non-hydrogen) atoms. The zero-order chi connectivity index (χ0) is 6.91. The molecule has 3 heteroatoms. The highest BCUT2D eigenvalue weighted by Crippen LogP contribution is 2.26. The van der Waals surface area contributed by atoms with Crippen LogP contribution in [0.1, 0.15) is 20.3 Å². The highest BCUT2D eigenvalue weighted by Gasteiger charge is 2.27. The molecule has 0 saturated heterocycles. The van der Waals surface area contributed by atoms with Gasteiger partial charge in [0.2, 0.25) is 0 Å². The van der Waals surface area contributed by atoms with Gasteiger partial charge in [-0.2, -0.15) is 0 Å². The van der Waals surface area contributed by atoms with Crippen LogP contribution in [0.3, 0.4) is 0 Å². The zero-order valence-corrected chi connectivity index (χ0v) is 6.49. The van der Waals surface area contributed by atoms with Crippen molar-refractivity contribution in [2.75, 3.05) is 0 Å². The summed E-state index contributed by atoms with van der Waals surface area (Å²) in [6, 6.07) is 0. The first-order valence-electron chi connectivity index (χ1n) is 2.81. The van der Waals surface area contributed by atoms with Crippen molar-refractivity contribution >= 4 is 16.8 Å². The van der Waals surface area contributed by atoms with Crippen LogP contribution in [-0.2, 0) is 4.84 Å². The molecule has 0 aromatic heterocycles. The summed E-state index contributed by atoms with van der Waals surface area (Å²) in [5, 5.41) is 4.81. The Morgan fingerprint density at radius 1 is 1.78 bits per heavy atom. The smallest absolute Gasteiger partial charge is 0.138 e. The summed E-state index contributed by atoms with van der Waals surface area (Å²) >= 11 is 1.41. The molecule has 0 amide bonds. The molecule has 0 spiro atoms. The third kappa shape index (κ3) is 1.61. The van der Waals surface area contributed by atoms with Gasteiger partial charge < -0.3 is 4.84 Å². The van der Waals surface area contributed by atoms with Crippen LogP contribution in [0.5, 0.6) is 0 Å². The summed E-state index contributed by atoms with van der Waals surface area (Å²) in [5.74, 6) is 0. The molecule has 0 fully saturated rings. The SMILES string of the molecule is [CH2]SC1=NOC(C)(C)C1. The number of hydrogen-bond acceptors (Lipinski definition) is 3. The van der Waals surface area contributed by atoms with E-state index in [0.717, 1.165) is 11.5 Å². The lowest BCUT2D eigenvalue weighted by Gasteiger charge is -2.12. The number of oxime groups is 1. The summed E-state index contributed by atoms with van der Waals surface area (Å²) in [4.78, 5) is 5.07. The lowest BCUT2D eigenvalue weighted by Crippen LogP contribution is -2.17. The molecule has 1 rings (SSSR count). The second-order valence-electron chi connectivity index (χ2n) is 2.66. The Labute approximate surface area is 59.6 Å². The summed E-state index contributed by atoms with van der Waals surface area (Å²) in [6.07, 6.45) is 4.53. The lowest BCUT2D eigenvalue weighted by atomic mass is 10.1. The van der Waals surface area contributed by atoms with Gasteiger partial charge in [0, 0.05) is 12.7 Å². The van der Waals surface area contributed by atoms with Crippen molar-refractivity contribution in [3.05, 3.63) is 6.26 Å². The Morgan fingerprint density at radius 3 is 2.67 bits per heavy atom. The van der Waals surface area contributed by atoms with Gasteiger partial charge in [0.1, 0.15) is 10.6 Å². The third-order valence-electron chi connectivity index (χ3n) is 1.14. The van der Waals surface area contributed by atoms with E-state index in [2.05, 4.69) is 11.4 Å². The van der Waals surface area contributed by atoms with Crippen LogP contribution in [0.15, 0.2) is 5.16 Å². The Morgan fingerprint density at radius 2 is 2.44 bits per heavy atom. The Kier molecular flexibility index (Phi) is 1.70. The number of thioether (sulfide) groups is 1. The molecular weight excluding hydrogens is 134 g/mol. The van der Waals surface area contributed by atoms with Gasteiger partial charge in [-0.25, -0.2) is 0 Å². The molecule has 2 nitrogen and oxygen atoms in total. The standard InChI is InChI=1S/C6H10NOS/c1-6(2)4-5(9-3)7-8-6/h3-4H2,1-2H3. The van der Waals surface area contributed by atoms with Crippen molar-refractivity contribution in [2.45, 2.75) is 25.9 Å². The largest absolute Gasteiger partial charge is 0.389 e. The van der Waals surface area contributed by atoms with Gasteiger partial charge in [0.25, 0.3) is 0 Å². The molecule has 0 N–H and O–H groups in total. The second kappa shape index (κ2) is 2.21. The van der Waals surface area contributed by atoms with Gasteiger partial charge in [0.05, 0.1) is 0 Å². The Balaban J connectivity index is 2.50. The van der Waals surface area contributed by atoms with Gasteiger partial charge in [0.15, 0.2) is 0 Å². The average molecular weight is 144 g/mol. The van der Waals surface area contributed by atoms with Gasteiger partial charge in [-0.1, -0.05) is 5.16 Å². The average Bonchev–Trinajstić information content (AvgIpc) is 2.10. The van der Waals surface area contributed by atoms with Gasteiger partial charge in [-0.3, -0.25) is 0 Å². The van der Waals surface area contributed by atoms with Crippen LogP contribution in [-0.4, -0.2) is 10.6 Å². The minimum absolute atomic E-state index is 0.0972. The van der Waals surface area contributed by atoms with Gasteiger partial charge >= 0.3 is 0 Å². The fourth-order valence-electron chi connectivity index (χ4n) is 0.681. The van der Waals surface area contributed by atoms with Crippen LogP contribution in [0.25, 0.3) is 0 Å². The zero-order valence-electron chi connectivity index (χ0n) is 5.68. The summed E-state index contributed by atoms with van der Waals surface area (Å²) < 4.78 is 0. The molecule has 0 aromatic carbocycles. The quantitative estimate of drug-likeness (QED) is 0.518. The molecule has 0 atom stereocenters. The maximum Gasteiger partial charge on any atom is 0.138 e. The molecular formula is C6H10NOS. The Bertz CT molecular complexity index is 142. The van der Waals surface area contributed by atoms with E-state index in [4.69, 9.17) is 4.84 Å². The van der Waals surface area contributed by atoms with Crippen molar-refractivity contribution in [1.82, 2.24) is 0 Å². The fraction of sp³-hybridized carbons (Fsp3) is 0.667. The van der Waals surface area contributed by atoms with E-state index in [-0.39, 0.29) is 5.60 Å². The lowest BCUT2D eigenvalue weighted by molar-refractivity contribution is 0.0123. The first kappa shape index (κ1) is 6.93. The molecule has 1 radical (unpaired) electrons. The normalized spacial score (nSPS) is 23.2. The number of hydrogen-bond donors (Lipinski definition) is 0. The van der Waals surface area contributed by atoms with Crippen molar-refractivity contribution in [1.29, 1.82) is 0 Å². The predicted octanol–water partition coefficient (Wildman–Crippen LogP) is 2.02. The van der Waals surface area contributed by atoms with Crippen LogP contribution < -0.4 is 0 Å². The van der Waals surface area contributed by atoms with Crippen LogP contribution in [0.2, 0.25) is 0 Å². The van der Waals surface area contributed by atoms with E-state index in [1.165, 1.54) is 11.8 Å². The van der Waals surface area contributed by atoms with E-state index in [9.17, 15) is 0 Å². The first-order chi connectivity index (χ1) is 4.14. The molecule has 1 heterocycles. The number of nitrogens with zero attached hydrogens (tertiary/aromatic N) is 1. The summed E-state index contributed by atoms with van der Waals surface area (Å²) in [7, 11) is 0. The summed E-state index contributed by atoms with van der Waals surface area (Å²) in [6.45, 7) is 4.03. The first-order valence-corrected chi connectivity index (χ1v) is 3.80. The van der Waals surface area contributed by atoms with Crippen molar-refractivity contribution in [2.24, 2.45) is 5.16 Å². The Hall–Kier alpha value is -0.180. The van der Waals surface area contributed by atoms with Gasteiger partial charge in [-0.05, 0) is 13.8 Å². The van der Waals surface area contributed by atoms with Gasteiger partial charge in [-0.15, -0.1) is 11.8 Å². The van der Waals surface area contributed by atoms with Crippen molar-refractivity contribution in [3.8, 4) is 0 Å². The van der Waals surface area contributed by atoms with E-state index < -0.39 is 0 Å². The minimum atomic E-state index is -0.0972. The molecule has 0 unspecified atom stereocenters. The highest BCUT2D eigenvalue weighted by atomic mass is 32.2. The van der Waals surface area contributed by atoms with E-state index in [1.807, 2.05) is 13.8 Å². The predicted molar refractivity (Wildman–Crippen MR) is 40.2 cm³/mol. The number of rotatable bonds is 0.